The van der Waals surface area contributed by atoms with Crippen LogP contribution in [-0.2, 0) is 6.54 Å². The largest absolute Gasteiger partial charge is 0.399 e. The Morgan fingerprint density at radius 1 is 1.50 bits per heavy atom. The lowest BCUT2D eigenvalue weighted by Gasteiger charge is -2.25. The van der Waals surface area contributed by atoms with Crippen LogP contribution in [0.2, 0.25) is 5.02 Å². The lowest BCUT2D eigenvalue weighted by molar-refractivity contribution is 0.186. The molecule has 100 valence electrons. The van der Waals surface area contributed by atoms with Gasteiger partial charge >= 0.3 is 6.03 Å². The van der Waals surface area contributed by atoms with Crippen molar-refractivity contribution in [1.82, 2.24) is 10.2 Å². The number of carbonyl (C=O) groups is 1. The second kappa shape index (κ2) is 6.50. The third kappa shape index (κ3) is 3.81. The van der Waals surface area contributed by atoms with Crippen LogP contribution in [0.1, 0.15) is 26.3 Å². The van der Waals surface area contributed by atoms with Crippen LogP contribution in [0.4, 0.5) is 10.5 Å². The van der Waals surface area contributed by atoms with Crippen LogP contribution in [0, 0.1) is 0 Å². The van der Waals surface area contributed by atoms with E-state index in [0.717, 1.165) is 5.56 Å². The maximum Gasteiger partial charge on any atom is 0.317 e. The summed E-state index contributed by atoms with van der Waals surface area (Å²) in [6.07, 6.45) is 0. The van der Waals surface area contributed by atoms with E-state index in [0.29, 0.717) is 23.8 Å². The number of amides is 2. The maximum absolute atomic E-state index is 11.9. The molecule has 0 aliphatic carbocycles. The predicted octanol–water partition coefficient (Wildman–Crippen LogP) is 2.86. The highest BCUT2D eigenvalue weighted by molar-refractivity contribution is 6.31. The van der Waals surface area contributed by atoms with Crippen molar-refractivity contribution in [2.45, 2.75) is 33.4 Å². The zero-order valence-electron chi connectivity index (χ0n) is 11.0. The summed E-state index contributed by atoms with van der Waals surface area (Å²) in [5, 5.41) is 3.43. The molecule has 18 heavy (non-hydrogen) atoms. The third-order valence-electron chi connectivity index (χ3n) is 2.73. The van der Waals surface area contributed by atoms with E-state index in [9.17, 15) is 4.79 Å². The van der Waals surface area contributed by atoms with Crippen molar-refractivity contribution in [1.29, 1.82) is 0 Å². The summed E-state index contributed by atoms with van der Waals surface area (Å²) in [6, 6.07) is 5.37. The van der Waals surface area contributed by atoms with Crippen LogP contribution >= 0.6 is 11.6 Å². The molecule has 1 aromatic rings. The lowest BCUT2D eigenvalue weighted by atomic mass is 10.2. The van der Waals surface area contributed by atoms with E-state index in [1.807, 2.05) is 26.8 Å². The molecule has 0 unspecified atom stereocenters. The van der Waals surface area contributed by atoms with E-state index < -0.39 is 0 Å². The molecular formula is C13H20ClN3O. The highest BCUT2D eigenvalue weighted by atomic mass is 35.5. The van der Waals surface area contributed by atoms with E-state index in [2.05, 4.69) is 5.32 Å². The lowest BCUT2D eigenvalue weighted by Crippen LogP contribution is -2.43. The van der Waals surface area contributed by atoms with Gasteiger partial charge in [-0.3, -0.25) is 0 Å². The first-order valence-electron chi connectivity index (χ1n) is 6.04. The topological polar surface area (TPSA) is 58.4 Å². The molecule has 0 heterocycles. The smallest absolute Gasteiger partial charge is 0.317 e. The molecule has 0 atom stereocenters. The normalized spacial score (nSPS) is 10.5. The average molecular weight is 270 g/mol. The van der Waals surface area contributed by atoms with Crippen LogP contribution in [0.5, 0.6) is 0 Å². The highest BCUT2D eigenvalue weighted by Crippen LogP contribution is 2.18. The fourth-order valence-electron chi connectivity index (χ4n) is 1.72. The molecule has 4 nitrogen and oxygen atoms in total. The number of nitrogens with zero attached hydrogens (tertiary/aromatic N) is 1. The fraction of sp³-hybridized carbons (Fsp3) is 0.462. The number of anilines is 1. The molecule has 0 saturated carbocycles. The monoisotopic (exact) mass is 269 g/mol. The number of nitrogens with two attached hydrogens (primary N) is 1. The number of carbonyl (C=O) groups excluding carboxylic acids is 1. The Balaban J connectivity index is 2.62. The number of hydrogen-bond donors (Lipinski definition) is 2. The zero-order chi connectivity index (χ0) is 13.7. The van der Waals surface area contributed by atoms with Crippen LogP contribution in [0.3, 0.4) is 0 Å². The van der Waals surface area contributed by atoms with Gasteiger partial charge in [-0.1, -0.05) is 17.7 Å². The Hall–Kier alpha value is -1.42. The van der Waals surface area contributed by atoms with Crippen LogP contribution in [-0.4, -0.2) is 23.5 Å². The van der Waals surface area contributed by atoms with Gasteiger partial charge in [-0.2, -0.15) is 0 Å². The van der Waals surface area contributed by atoms with Gasteiger partial charge in [-0.05, 0) is 38.5 Å². The Kier molecular flexibility index (Phi) is 5.28. The van der Waals surface area contributed by atoms with Crippen molar-refractivity contribution in [2.24, 2.45) is 0 Å². The second-order valence-electron chi connectivity index (χ2n) is 4.39. The van der Waals surface area contributed by atoms with Gasteiger partial charge in [0.15, 0.2) is 0 Å². The summed E-state index contributed by atoms with van der Waals surface area (Å²) in [5.74, 6) is 0. The molecule has 0 aliphatic heterocycles. The number of halogens is 1. The van der Waals surface area contributed by atoms with Gasteiger partial charge < -0.3 is 16.0 Å². The number of hydrogen-bond acceptors (Lipinski definition) is 2. The number of nitrogen functional groups attached to an aromatic ring is 1. The van der Waals surface area contributed by atoms with Crippen LogP contribution < -0.4 is 11.1 Å². The van der Waals surface area contributed by atoms with E-state index in [1.165, 1.54) is 0 Å². The van der Waals surface area contributed by atoms with E-state index in [-0.39, 0.29) is 12.1 Å². The first kappa shape index (κ1) is 14.6. The Morgan fingerprint density at radius 3 is 2.67 bits per heavy atom. The van der Waals surface area contributed by atoms with E-state index >= 15 is 0 Å². The summed E-state index contributed by atoms with van der Waals surface area (Å²) in [4.78, 5) is 13.7. The standard InChI is InChI=1S/C13H20ClN3O/c1-4-17(9(2)3)13(18)16-8-10-5-6-11(15)7-12(10)14/h5-7,9H,4,8,15H2,1-3H3,(H,16,18). The molecule has 0 saturated heterocycles. The van der Waals surface area contributed by atoms with E-state index in [4.69, 9.17) is 17.3 Å². The van der Waals surface area contributed by atoms with Crippen molar-refractivity contribution >= 4 is 23.3 Å². The third-order valence-corrected chi connectivity index (χ3v) is 3.08. The molecule has 1 aromatic carbocycles. The van der Waals surface area contributed by atoms with Crippen LogP contribution in [0.15, 0.2) is 18.2 Å². The summed E-state index contributed by atoms with van der Waals surface area (Å²) in [6.45, 7) is 7.01. The van der Waals surface area contributed by atoms with Crippen LogP contribution in [0.25, 0.3) is 0 Å². The zero-order valence-corrected chi connectivity index (χ0v) is 11.8. The van der Waals surface area contributed by atoms with Gasteiger partial charge in [0.05, 0.1) is 0 Å². The van der Waals surface area contributed by atoms with Gasteiger partial charge in [-0.15, -0.1) is 0 Å². The SMILES string of the molecule is CCN(C(=O)NCc1ccc(N)cc1Cl)C(C)C. The highest BCUT2D eigenvalue weighted by Gasteiger charge is 2.14. The Bertz CT molecular complexity index is 421. The summed E-state index contributed by atoms with van der Waals surface area (Å²) in [7, 11) is 0. The summed E-state index contributed by atoms with van der Waals surface area (Å²) >= 11 is 6.04. The molecule has 0 bridgehead atoms. The molecule has 5 heteroatoms. The second-order valence-corrected chi connectivity index (χ2v) is 4.80. The molecule has 0 fully saturated rings. The molecule has 0 radical (unpaired) electrons. The van der Waals surface area contributed by atoms with Crippen molar-refractivity contribution in [2.75, 3.05) is 12.3 Å². The number of urea groups is 1. The van der Waals surface area contributed by atoms with Gasteiger partial charge in [-0.25, -0.2) is 4.79 Å². The molecule has 1 rings (SSSR count). The van der Waals surface area contributed by atoms with Crippen molar-refractivity contribution < 1.29 is 4.79 Å². The fourth-order valence-corrected chi connectivity index (χ4v) is 1.98. The van der Waals surface area contributed by atoms with Crippen molar-refractivity contribution in [3.8, 4) is 0 Å². The van der Waals surface area contributed by atoms with Gasteiger partial charge in [0.25, 0.3) is 0 Å². The number of nitrogens with one attached hydrogen (secondary N) is 1. The van der Waals surface area contributed by atoms with Gasteiger partial charge in [0.1, 0.15) is 0 Å². The molecule has 2 amide bonds. The van der Waals surface area contributed by atoms with Gasteiger partial charge in [0, 0.05) is 29.8 Å². The molecular weight excluding hydrogens is 250 g/mol. The molecule has 3 N–H and O–H groups in total. The van der Waals surface area contributed by atoms with Gasteiger partial charge in [0.2, 0.25) is 0 Å². The summed E-state index contributed by atoms with van der Waals surface area (Å²) < 4.78 is 0. The Morgan fingerprint density at radius 2 is 2.17 bits per heavy atom. The first-order valence-corrected chi connectivity index (χ1v) is 6.41. The van der Waals surface area contributed by atoms with E-state index in [1.54, 1.807) is 17.0 Å². The minimum Gasteiger partial charge on any atom is -0.399 e. The summed E-state index contributed by atoms with van der Waals surface area (Å²) in [5.41, 5.74) is 7.09. The van der Waals surface area contributed by atoms with Crippen molar-refractivity contribution in [3.63, 3.8) is 0 Å². The average Bonchev–Trinajstić information content (AvgIpc) is 2.28. The minimum absolute atomic E-state index is 0.0830. The minimum atomic E-state index is -0.0830. The molecule has 0 aliphatic rings. The molecule has 0 spiro atoms. The first-order chi connectivity index (χ1) is 8.45. The predicted molar refractivity (Wildman–Crippen MR) is 75.6 cm³/mol. The molecule has 0 aromatic heterocycles. The van der Waals surface area contributed by atoms with Crippen molar-refractivity contribution in [3.05, 3.63) is 28.8 Å². The number of rotatable bonds is 4. The Labute approximate surface area is 113 Å². The number of benzene rings is 1. The maximum atomic E-state index is 11.9. The quantitative estimate of drug-likeness (QED) is 0.826.